The van der Waals surface area contributed by atoms with Crippen LogP contribution in [-0.4, -0.2) is 44.5 Å². The molecule has 3 N–H and O–H groups in total. The van der Waals surface area contributed by atoms with E-state index in [9.17, 15) is 4.79 Å². The third kappa shape index (κ3) is 9.12. The summed E-state index contributed by atoms with van der Waals surface area (Å²) in [6.45, 7) is 6.52. The maximum absolute atomic E-state index is 11.8. The minimum Gasteiger partial charge on any atom is -0.356 e. The van der Waals surface area contributed by atoms with Crippen LogP contribution in [0.4, 0.5) is 0 Å². The molecule has 0 bridgehead atoms. The zero-order chi connectivity index (χ0) is 13.3. The van der Waals surface area contributed by atoms with Gasteiger partial charge in [-0.15, -0.1) is 0 Å². The van der Waals surface area contributed by atoms with Gasteiger partial charge in [0.25, 0.3) is 0 Å². The number of nitrogens with one attached hydrogen (secondary N) is 1. The topological polar surface area (TPSA) is 58.4 Å². The second kappa shape index (κ2) is 9.42. The number of nitrogens with zero attached hydrogens (tertiary/aromatic N) is 1. The fourth-order valence-electron chi connectivity index (χ4n) is 1.79. The van der Waals surface area contributed by atoms with E-state index in [-0.39, 0.29) is 11.8 Å². The van der Waals surface area contributed by atoms with Crippen LogP contribution < -0.4 is 11.1 Å². The average Bonchev–Trinajstić information content (AvgIpc) is 2.24. The molecule has 0 saturated heterocycles. The maximum Gasteiger partial charge on any atom is 0.224 e. The number of hydrogen-bond donors (Lipinski definition) is 2. The summed E-state index contributed by atoms with van der Waals surface area (Å²) in [6.07, 6.45) is 3.02. The van der Waals surface area contributed by atoms with E-state index in [0.29, 0.717) is 12.5 Å². The van der Waals surface area contributed by atoms with Crippen molar-refractivity contribution in [1.29, 1.82) is 0 Å². The Bertz CT molecular complexity index is 205. The molecule has 0 fully saturated rings. The van der Waals surface area contributed by atoms with Gasteiger partial charge in [0.05, 0.1) is 5.92 Å². The minimum atomic E-state index is -0.0242. The van der Waals surface area contributed by atoms with Gasteiger partial charge in [0, 0.05) is 13.1 Å². The molecule has 0 aromatic rings. The van der Waals surface area contributed by atoms with Crippen molar-refractivity contribution in [3.8, 4) is 0 Å². The van der Waals surface area contributed by atoms with Crippen molar-refractivity contribution in [2.24, 2.45) is 17.6 Å². The summed E-state index contributed by atoms with van der Waals surface area (Å²) in [5, 5.41) is 2.98. The Morgan fingerprint density at radius 3 is 2.41 bits per heavy atom. The Labute approximate surface area is 106 Å². The SMILES string of the molecule is CC(C)CC(CN)C(=O)NCCCCN(C)C. The lowest BCUT2D eigenvalue weighted by Gasteiger charge is -2.17. The molecule has 0 saturated carbocycles. The Balaban J connectivity index is 3.68. The molecule has 0 aliphatic rings. The van der Waals surface area contributed by atoms with Gasteiger partial charge >= 0.3 is 0 Å². The van der Waals surface area contributed by atoms with Gasteiger partial charge < -0.3 is 16.0 Å². The van der Waals surface area contributed by atoms with Crippen molar-refractivity contribution >= 4 is 5.91 Å². The number of carbonyl (C=O) groups excluding carboxylic acids is 1. The second-order valence-corrected chi connectivity index (χ2v) is 5.36. The number of unbranched alkanes of at least 4 members (excludes halogenated alkanes) is 1. The largest absolute Gasteiger partial charge is 0.356 e. The van der Waals surface area contributed by atoms with Crippen LogP contribution in [0.1, 0.15) is 33.1 Å². The van der Waals surface area contributed by atoms with Gasteiger partial charge in [-0.2, -0.15) is 0 Å². The Morgan fingerprint density at radius 2 is 1.94 bits per heavy atom. The van der Waals surface area contributed by atoms with Gasteiger partial charge in [-0.25, -0.2) is 0 Å². The minimum absolute atomic E-state index is 0.0242. The third-order valence-electron chi connectivity index (χ3n) is 2.74. The third-order valence-corrected chi connectivity index (χ3v) is 2.74. The van der Waals surface area contributed by atoms with Crippen LogP contribution in [0.2, 0.25) is 0 Å². The standard InChI is InChI=1S/C13H29N3O/c1-11(2)9-12(10-14)13(17)15-7-5-6-8-16(3)4/h11-12H,5-10,14H2,1-4H3,(H,15,17). The number of nitrogens with two attached hydrogens (primary N) is 1. The second-order valence-electron chi connectivity index (χ2n) is 5.36. The molecule has 0 radical (unpaired) electrons. The molecule has 0 heterocycles. The van der Waals surface area contributed by atoms with Crippen LogP contribution in [0.5, 0.6) is 0 Å². The zero-order valence-corrected chi connectivity index (χ0v) is 11.8. The first-order chi connectivity index (χ1) is 7.97. The van der Waals surface area contributed by atoms with Crippen LogP contribution in [-0.2, 0) is 4.79 Å². The van der Waals surface area contributed by atoms with Gasteiger partial charge in [0.15, 0.2) is 0 Å². The summed E-state index contributed by atoms with van der Waals surface area (Å²) in [5.74, 6) is 0.609. The fraction of sp³-hybridized carbons (Fsp3) is 0.923. The quantitative estimate of drug-likeness (QED) is 0.596. The highest BCUT2D eigenvalue weighted by Crippen LogP contribution is 2.10. The lowest BCUT2D eigenvalue weighted by atomic mass is 9.96. The van der Waals surface area contributed by atoms with Crippen LogP contribution in [0, 0.1) is 11.8 Å². The lowest BCUT2D eigenvalue weighted by Crippen LogP contribution is -2.36. The van der Waals surface area contributed by atoms with Crippen molar-refractivity contribution in [2.45, 2.75) is 33.1 Å². The molecule has 102 valence electrons. The van der Waals surface area contributed by atoms with Crippen LogP contribution in [0.3, 0.4) is 0 Å². The molecule has 0 aromatic carbocycles. The summed E-state index contributed by atoms with van der Waals surface area (Å²) in [6, 6.07) is 0. The van der Waals surface area contributed by atoms with E-state index < -0.39 is 0 Å². The first-order valence-corrected chi connectivity index (χ1v) is 6.59. The Kier molecular flexibility index (Phi) is 9.09. The van der Waals surface area contributed by atoms with E-state index in [1.807, 2.05) is 0 Å². The van der Waals surface area contributed by atoms with Gasteiger partial charge in [-0.05, 0) is 45.8 Å². The highest BCUT2D eigenvalue weighted by atomic mass is 16.1. The molecule has 1 amide bonds. The monoisotopic (exact) mass is 243 g/mol. The van der Waals surface area contributed by atoms with Gasteiger partial charge in [0.2, 0.25) is 5.91 Å². The molecule has 1 unspecified atom stereocenters. The summed E-state index contributed by atoms with van der Waals surface area (Å²) in [7, 11) is 4.12. The Hall–Kier alpha value is -0.610. The van der Waals surface area contributed by atoms with Crippen molar-refractivity contribution in [3.63, 3.8) is 0 Å². The van der Waals surface area contributed by atoms with Crippen molar-refractivity contribution < 1.29 is 4.79 Å². The first kappa shape index (κ1) is 16.4. The van der Waals surface area contributed by atoms with E-state index in [1.165, 1.54) is 0 Å². The molecule has 0 aliphatic carbocycles. The maximum atomic E-state index is 11.8. The molecule has 4 heteroatoms. The van der Waals surface area contributed by atoms with Gasteiger partial charge in [0.1, 0.15) is 0 Å². The molecule has 0 aromatic heterocycles. The van der Waals surface area contributed by atoms with Gasteiger partial charge in [-0.1, -0.05) is 13.8 Å². The molecule has 4 nitrogen and oxygen atoms in total. The molecule has 0 spiro atoms. The predicted octanol–water partition coefficient (Wildman–Crippen LogP) is 1.07. The highest BCUT2D eigenvalue weighted by molar-refractivity contribution is 5.78. The summed E-state index contributed by atoms with van der Waals surface area (Å²) >= 11 is 0. The number of carbonyl (C=O) groups is 1. The summed E-state index contributed by atoms with van der Waals surface area (Å²) < 4.78 is 0. The number of amides is 1. The normalized spacial score (nSPS) is 13.1. The molecular weight excluding hydrogens is 214 g/mol. The molecule has 0 aliphatic heterocycles. The number of rotatable bonds is 9. The first-order valence-electron chi connectivity index (χ1n) is 6.59. The van der Waals surface area contributed by atoms with Crippen LogP contribution in [0.15, 0.2) is 0 Å². The van der Waals surface area contributed by atoms with E-state index in [2.05, 4.69) is 38.2 Å². The van der Waals surface area contributed by atoms with Gasteiger partial charge in [-0.3, -0.25) is 4.79 Å². The van der Waals surface area contributed by atoms with E-state index in [4.69, 9.17) is 5.73 Å². The fourth-order valence-corrected chi connectivity index (χ4v) is 1.79. The van der Waals surface area contributed by atoms with Crippen molar-refractivity contribution in [1.82, 2.24) is 10.2 Å². The summed E-state index contributed by atoms with van der Waals surface area (Å²) in [4.78, 5) is 14.0. The molecule has 0 rings (SSSR count). The highest BCUT2D eigenvalue weighted by Gasteiger charge is 2.17. The number of hydrogen-bond acceptors (Lipinski definition) is 3. The van der Waals surface area contributed by atoms with Crippen LogP contribution in [0.25, 0.3) is 0 Å². The van der Waals surface area contributed by atoms with Crippen molar-refractivity contribution in [3.05, 3.63) is 0 Å². The smallest absolute Gasteiger partial charge is 0.224 e. The van der Waals surface area contributed by atoms with E-state index >= 15 is 0 Å². The molecule has 17 heavy (non-hydrogen) atoms. The van der Waals surface area contributed by atoms with Crippen molar-refractivity contribution in [2.75, 3.05) is 33.7 Å². The summed E-state index contributed by atoms with van der Waals surface area (Å²) in [5.41, 5.74) is 5.62. The molecule has 1 atom stereocenters. The Morgan fingerprint density at radius 1 is 1.29 bits per heavy atom. The van der Waals surface area contributed by atoms with Crippen LogP contribution >= 0.6 is 0 Å². The van der Waals surface area contributed by atoms with E-state index in [0.717, 1.165) is 32.4 Å². The zero-order valence-electron chi connectivity index (χ0n) is 11.8. The lowest BCUT2D eigenvalue weighted by molar-refractivity contribution is -0.125. The average molecular weight is 243 g/mol. The predicted molar refractivity (Wildman–Crippen MR) is 72.8 cm³/mol. The van der Waals surface area contributed by atoms with E-state index in [1.54, 1.807) is 0 Å². The molecular formula is C13H29N3O.